The number of anilines is 1. The molecule has 4 aromatic rings. The fourth-order valence-corrected chi connectivity index (χ4v) is 5.12. The van der Waals surface area contributed by atoms with Crippen molar-refractivity contribution in [3.05, 3.63) is 76.7 Å². The first-order chi connectivity index (χ1) is 18.0. The van der Waals surface area contributed by atoms with Gasteiger partial charge in [0.25, 0.3) is 10.0 Å². The number of imidazole rings is 1. The predicted molar refractivity (Wildman–Crippen MR) is 147 cm³/mol. The summed E-state index contributed by atoms with van der Waals surface area (Å²) < 4.78 is 44.2. The van der Waals surface area contributed by atoms with Crippen LogP contribution in [0.5, 0.6) is 17.2 Å². The van der Waals surface area contributed by atoms with Crippen LogP contribution in [-0.4, -0.2) is 29.9 Å². The number of aryl methyl sites for hydroxylation is 2. The summed E-state index contributed by atoms with van der Waals surface area (Å²) >= 11 is 0. The molecule has 1 aromatic heterocycles. The quantitative estimate of drug-likeness (QED) is 0.282. The summed E-state index contributed by atoms with van der Waals surface area (Å²) in [5, 5.41) is 0. The molecule has 200 valence electrons. The van der Waals surface area contributed by atoms with Crippen molar-refractivity contribution >= 4 is 32.5 Å². The Bertz CT molecular complexity index is 1670. The Balaban J connectivity index is 1.79. The Morgan fingerprint density at radius 2 is 1.61 bits per heavy atom. The smallest absolute Gasteiger partial charge is 0.328 e. The lowest BCUT2D eigenvalue weighted by Gasteiger charge is -2.16. The van der Waals surface area contributed by atoms with Crippen LogP contribution in [0.15, 0.2) is 70.4 Å². The van der Waals surface area contributed by atoms with Crippen LogP contribution < -0.4 is 19.9 Å². The normalized spacial score (nSPS) is 11.6. The van der Waals surface area contributed by atoms with Gasteiger partial charge in [-0.1, -0.05) is 39.0 Å². The lowest BCUT2D eigenvalue weighted by atomic mass is 10.0. The Kier molecular flexibility index (Phi) is 7.63. The van der Waals surface area contributed by atoms with Crippen molar-refractivity contribution in [1.29, 1.82) is 0 Å². The maximum absolute atomic E-state index is 13.4. The summed E-state index contributed by atoms with van der Waals surface area (Å²) in [6, 6.07) is 16.1. The monoisotopic (exact) mass is 537 g/mol. The average Bonchev–Trinajstić information content (AvgIpc) is 3.10. The van der Waals surface area contributed by atoms with Crippen molar-refractivity contribution in [1.82, 2.24) is 9.13 Å². The van der Waals surface area contributed by atoms with E-state index >= 15 is 0 Å². The first-order valence-corrected chi connectivity index (χ1v) is 13.8. The molecule has 0 bridgehead atoms. The van der Waals surface area contributed by atoms with E-state index in [0.29, 0.717) is 34.7 Å². The summed E-state index contributed by atoms with van der Waals surface area (Å²) in [4.78, 5) is 25.0. The number of aromatic nitrogens is 2. The molecule has 1 heterocycles. The highest BCUT2D eigenvalue weighted by molar-refractivity contribution is 7.92. The van der Waals surface area contributed by atoms with Crippen molar-refractivity contribution < 1.29 is 22.7 Å². The van der Waals surface area contributed by atoms with Crippen molar-refractivity contribution in [3.63, 3.8) is 0 Å². The van der Waals surface area contributed by atoms with Crippen LogP contribution in [-0.2, 0) is 24.1 Å². The number of benzene rings is 3. The number of nitrogens with zero attached hydrogens (tertiary/aromatic N) is 2. The number of sulfonamides is 1. The fraction of sp³-hybridized carbons (Fsp3) is 0.286. The van der Waals surface area contributed by atoms with Gasteiger partial charge in [0, 0.05) is 37.7 Å². The Morgan fingerprint density at radius 1 is 0.947 bits per heavy atom. The molecule has 3 aromatic carbocycles. The zero-order chi connectivity index (χ0) is 27.6. The third-order valence-electron chi connectivity index (χ3n) is 6.08. The number of carbonyl (C=O) groups is 1. The van der Waals surface area contributed by atoms with E-state index in [1.807, 2.05) is 13.0 Å². The lowest BCUT2D eigenvalue weighted by Crippen LogP contribution is -2.19. The highest BCUT2D eigenvalue weighted by Crippen LogP contribution is 2.36. The van der Waals surface area contributed by atoms with E-state index < -0.39 is 10.0 Å². The number of hydrogen-bond acceptors (Lipinski definition) is 6. The molecule has 0 saturated heterocycles. The van der Waals surface area contributed by atoms with Crippen LogP contribution in [0.2, 0.25) is 0 Å². The van der Waals surface area contributed by atoms with E-state index in [4.69, 9.17) is 9.47 Å². The number of rotatable bonds is 10. The number of nitrogens with one attached hydrogen (secondary N) is 1. The summed E-state index contributed by atoms with van der Waals surface area (Å²) in [6.07, 6.45) is 0.847. The third kappa shape index (κ3) is 5.45. The molecule has 0 aliphatic rings. The molecule has 0 fully saturated rings. The van der Waals surface area contributed by atoms with Gasteiger partial charge in [0.1, 0.15) is 11.5 Å². The SMILES string of the molecule is CCCOc1cccc(Oc2cc3c(cc2NS(=O)(=O)c2cccc(C(=O)C(C)C)c2)n(C)c(=O)n3C)c1. The summed E-state index contributed by atoms with van der Waals surface area (Å²) in [5.41, 5.74) is 1.27. The van der Waals surface area contributed by atoms with Gasteiger partial charge in [-0.05, 0) is 36.8 Å². The molecule has 0 radical (unpaired) electrons. The number of ether oxygens (including phenoxy) is 2. The summed E-state index contributed by atoms with van der Waals surface area (Å²) in [7, 11) is -0.872. The predicted octanol–water partition coefficient (Wildman–Crippen LogP) is 5.10. The van der Waals surface area contributed by atoms with Gasteiger partial charge in [-0.3, -0.25) is 18.7 Å². The largest absolute Gasteiger partial charge is 0.493 e. The molecule has 0 spiro atoms. The van der Waals surface area contributed by atoms with Crippen molar-refractivity contribution in [3.8, 4) is 17.2 Å². The Labute approximate surface area is 221 Å². The number of hydrogen-bond donors (Lipinski definition) is 1. The fourth-order valence-electron chi connectivity index (χ4n) is 4.02. The van der Waals surface area contributed by atoms with E-state index in [1.165, 1.54) is 27.3 Å². The standard InChI is InChI=1S/C28H31N3O6S/c1-6-13-36-20-10-8-11-21(15-20)37-26-17-25-24(30(4)28(33)31(25)5)16-23(26)29-38(34,35)22-12-7-9-19(14-22)27(32)18(2)3/h7-12,14-18,29H,6,13H2,1-5H3. The summed E-state index contributed by atoms with van der Waals surface area (Å²) in [6.45, 7) is 6.07. The summed E-state index contributed by atoms with van der Waals surface area (Å²) in [5.74, 6) is 0.816. The molecular weight excluding hydrogens is 506 g/mol. The first kappa shape index (κ1) is 27.0. The topological polar surface area (TPSA) is 109 Å². The van der Waals surface area contributed by atoms with E-state index in [1.54, 1.807) is 64.3 Å². The van der Waals surface area contributed by atoms with E-state index in [0.717, 1.165) is 6.42 Å². The molecule has 9 nitrogen and oxygen atoms in total. The molecule has 38 heavy (non-hydrogen) atoms. The number of fused-ring (bicyclic) bond motifs is 1. The van der Waals surface area contributed by atoms with E-state index in [-0.39, 0.29) is 33.7 Å². The van der Waals surface area contributed by atoms with Crippen LogP contribution in [0.1, 0.15) is 37.6 Å². The van der Waals surface area contributed by atoms with E-state index in [2.05, 4.69) is 4.72 Å². The molecule has 0 aliphatic carbocycles. The van der Waals surface area contributed by atoms with Crippen LogP contribution in [0, 0.1) is 5.92 Å². The van der Waals surface area contributed by atoms with Gasteiger partial charge in [0.15, 0.2) is 11.5 Å². The van der Waals surface area contributed by atoms with Gasteiger partial charge >= 0.3 is 5.69 Å². The van der Waals surface area contributed by atoms with Gasteiger partial charge in [0.2, 0.25) is 0 Å². The zero-order valence-electron chi connectivity index (χ0n) is 22.0. The number of Topliss-reactive ketones (excluding diaryl/α,β-unsaturated/α-hetero) is 1. The van der Waals surface area contributed by atoms with E-state index in [9.17, 15) is 18.0 Å². The molecule has 0 saturated carbocycles. The Morgan fingerprint density at radius 3 is 2.29 bits per heavy atom. The van der Waals surface area contributed by atoms with Crippen LogP contribution in [0.4, 0.5) is 5.69 Å². The lowest BCUT2D eigenvalue weighted by molar-refractivity contribution is 0.0939. The number of carbonyl (C=O) groups excluding carboxylic acids is 1. The minimum Gasteiger partial charge on any atom is -0.493 e. The van der Waals surface area contributed by atoms with Gasteiger partial charge in [-0.15, -0.1) is 0 Å². The van der Waals surface area contributed by atoms with Gasteiger partial charge in [0.05, 0.1) is 28.2 Å². The first-order valence-electron chi connectivity index (χ1n) is 12.3. The van der Waals surface area contributed by atoms with Crippen LogP contribution in [0.25, 0.3) is 11.0 Å². The van der Waals surface area contributed by atoms with Gasteiger partial charge in [-0.2, -0.15) is 0 Å². The highest BCUT2D eigenvalue weighted by Gasteiger charge is 2.22. The molecule has 10 heteroatoms. The molecule has 1 N–H and O–H groups in total. The molecule has 0 unspecified atom stereocenters. The zero-order valence-corrected chi connectivity index (χ0v) is 22.8. The second-order valence-corrected chi connectivity index (χ2v) is 11.0. The van der Waals surface area contributed by atoms with Gasteiger partial charge < -0.3 is 9.47 Å². The minimum absolute atomic E-state index is 0.0630. The molecule has 4 rings (SSSR count). The molecular formula is C28H31N3O6S. The molecule has 0 amide bonds. The van der Waals surface area contributed by atoms with Crippen molar-refractivity contribution in [2.24, 2.45) is 20.0 Å². The molecule has 0 atom stereocenters. The maximum Gasteiger partial charge on any atom is 0.328 e. The average molecular weight is 538 g/mol. The second kappa shape index (κ2) is 10.7. The van der Waals surface area contributed by atoms with Crippen LogP contribution >= 0.6 is 0 Å². The van der Waals surface area contributed by atoms with Gasteiger partial charge in [-0.25, -0.2) is 13.2 Å². The maximum atomic E-state index is 13.4. The highest BCUT2D eigenvalue weighted by atomic mass is 32.2. The van der Waals surface area contributed by atoms with Crippen molar-refractivity contribution in [2.75, 3.05) is 11.3 Å². The number of ketones is 1. The second-order valence-electron chi connectivity index (χ2n) is 9.32. The molecule has 0 aliphatic heterocycles. The van der Waals surface area contributed by atoms with Crippen molar-refractivity contribution in [2.45, 2.75) is 32.1 Å². The Hall–Kier alpha value is -4.05. The third-order valence-corrected chi connectivity index (χ3v) is 7.44. The minimum atomic E-state index is -4.12. The van der Waals surface area contributed by atoms with Crippen LogP contribution in [0.3, 0.4) is 0 Å².